The van der Waals surface area contributed by atoms with Crippen molar-refractivity contribution in [3.05, 3.63) is 40.9 Å². The van der Waals surface area contributed by atoms with E-state index in [0.29, 0.717) is 31.4 Å². The normalized spacial score (nSPS) is 12.1. The molecular weight excluding hydrogens is 385 g/mol. The fourth-order valence-corrected chi connectivity index (χ4v) is 2.71. The molecule has 2 aromatic rings. The molecule has 3 N–H and O–H groups in total. The molecule has 0 amide bonds. The zero-order valence-corrected chi connectivity index (χ0v) is 16.9. The summed E-state index contributed by atoms with van der Waals surface area (Å²) in [4.78, 5) is 7.97. The van der Waals surface area contributed by atoms with Crippen LogP contribution in [0.25, 0.3) is 0 Å². The van der Waals surface area contributed by atoms with Gasteiger partial charge in [0.1, 0.15) is 11.6 Å². The first-order chi connectivity index (χ1) is 13.9. The van der Waals surface area contributed by atoms with E-state index in [1.54, 1.807) is 7.05 Å². The molecule has 2 rings (SSSR count). The smallest absolute Gasteiger partial charge is 0.370 e. The quantitative estimate of drug-likeness (QED) is 0.333. The summed E-state index contributed by atoms with van der Waals surface area (Å²) in [7, 11) is 1.69. The third-order valence-electron chi connectivity index (χ3n) is 4.31. The molecule has 10 heteroatoms. The van der Waals surface area contributed by atoms with E-state index in [4.69, 9.17) is 4.52 Å². The van der Waals surface area contributed by atoms with Crippen LogP contribution < -0.4 is 16.0 Å². The lowest BCUT2D eigenvalue weighted by Gasteiger charge is -2.13. The van der Waals surface area contributed by atoms with Gasteiger partial charge in [-0.3, -0.25) is 4.99 Å². The van der Waals surface area contributed by atoms with Gasteiger partial charge in [-0.25, -0.2) is 4.98 Å². The maximum Gasteiger partial charge on any atom is 0.417 e. The number of halogens is 3. The Morgan fingerprint density at radius 3 is 2.52 bits per heavy atom. The SMILES string of the molecule is CCc1noc(CC)c1CNC(=NC)NCCCNc1ccc(C(F)(F)F)cn1. The van der Waals surface area contributed by atoms with Crippen molar-refractivity contribution in [1.82, 2.24) is 20.8 Å². The number of aromatic nitrogens is 2. The van der Waals surface area contributed by atoms with Gasteiger partial charge in [0.2, 0.25) is 0 Å². The Morgan fingerprint density at radius 1 is 1.14 bits per heavy atom. The van der Waals surface area contributed by atoms with E-state index in [0.717, 1.165) is 48.5 Å². The highest BCUT2D eigenvalue weighted by Gasteiger charge is 2.30. The zero-order valence-electron chi connectivity index (χ0n) is 16.9. The summed E-state index contributed by atoms with van der Waals surface area (Å²) >= 11 is 0. The highest BCUT2D eigenvalue weighted by molar-refractivity contribution is 5.79. The van der Waals surface area contributed by atoms with Crippen LogP contribution in [-0.4, -0.2) is 36.2 Å². The minimum atomic E-state index is -4.37. The molecule has 0 fully saturated rings. The lowest BCUT2D eigenvalue weighted by atomic mass is 10.1. The van der Waals surface area contributed by atoms with Crippen molar-refractivity contribution in [2.45, 2.75) is 45.8 Å². The number of nitrogens with zero attached hydrogens (tertiary/aromatic N) is 3. The number of hydrogen-bond donors (Lipinski definition) is 3. The molecule has 29 heavy (non-hydrogen) atoms. The second-order valence-electron chi connectivity index (χ2n) is 6.30. The van der Waals surface area contributed by atoms with Crippen LogP contribution in [0.2, 0.25) is 0 Å². The number of hydrogen-bond acceptors (Lipinski definition) is 5. The summed E-state index contributed by atoms with van der Waals surface area (Å²) in [6, 6.07) is 2.34. The molecule has 0 saturated heterocycles. The number of aliphatic imine (C=N–C) groups is 1. The van der Waals surface area contributed by atoms with Crippen molar-refractivity contribution in [2.24, 2.45) is 4.99 Å². The Balaban J connectivity index is 1.72. The van der Waals surface area contributed by atoms with Crippen LogP contribution >= 0.6 is 0 Å². The summed E-state index contributed by atoms with van der Waals surface area (Å²) in [6.07, 6.45) is -1.24. The van der Waals surface area contributed by atoms with E-state index in [2.05, 4.69) is 31.1 Å². The molecule has 0 bridgehead atoms. The number of aryl methyl sites for hydroxylation is 2. The van der Waals surface area contributed by atoms with Gasteiger partial charge in [0.15, 0.2) is 5.96 Å². The predicted molar refractivity (Wildman–Crippen MR) is 106 cm³/mol. The Labute approximate surface area is 168 Å². The monoisotopic (exact) mass is 412 g/mol. The fourth-order valence-electron chi connectivity index (χ4n) is 2.71. The van der Waals surface area contributed by atoms with Crippen LogP contribution in [0.1, 0.15) is 42.8 Å². The van der Waals surface area contributed by atoms with Gasteiger partial charge < -0.3 is 20.5 Å². The lowest BCUT2D eigenvalue weighted by molar-refractivity contribution is -0.137. The van der Waals surface area contributed by atoms with E-state index in [1.807, 2.05) is 13.8 Å². The molecule has 0 unspecified atom stereocenters. The zero-order chi connectivity index (χ0) is 21.3. The molecular formula is C19H27F3N6O. The third kappa shape index (κ3) is 6.65. The maximum atomic E-state index is 12.5. The van der Waals surface area contributed by atoms with E-state index in [1.165, 1.54) is 6.07 Å². The topological polar surface area (TPSA) is 87.4 Å². The fraction of sp³-hybridized carbons (Fsp3) is 0.526. The van der Waals surface area contributed by atoms with Gasteiger partial charge in [-0.15, -0.1) is 0 Å². The van der Waals surface area contributed by atoms with Gasteiger partial charge >= 0.3 is 6.18 Å². The van der Waals surface area contributed by atoms with Crippen molar-refractivity contribution < 1.29 is 17.7 Å². The first-order valence-corrected chi connectivity index (χ1v) is 9.56. The van der Waals surface area contributed by atoms with Gasteiger partial charge in [-0.2, -0.15) is 13.2 Å². The number of alkyl halides is 3. The van der Waals surface area contributed by atoms with Crippen molar-refractivity contribution in [3.8, 4) is 0 Å². The highest BCUT2D eigenvalue weighted by atomic mass is 19.4. The first kappa shape index (κ1) is 22.5. The standard InChI is InChI=1S/C19H27F3N6O/c1-4-15-14(16(5-2)29-28-15)12-27-18(23-3)25-10-6-9-24-17-8-7-13(11-26-17)19(20,21)22/h7-8,11H,4-6,9-10,12H2,1-3H3,(H,24,26)(H2,23,25,27). The van der Waals surface area contributed by atoms with Crippen molar-refractivity contribution in [3.63, 3.8) is 0 Å². The second kappa shape index (κ2) is 10.7. The summed E-state index contributed by atoms with van der Waals surface area (Å²) in [5.41, 5.74) is 1.25. The Hall–Kier alpha value is -2.78. The van der Waals surface area contributed by atoms with Crippen LogP contribution in [0, 0.1) is 0 Å². The van der Waals surface area contributed by atoms with Gasteiger partial charge in [0.05, 0.1) is 11.3 Å². The Morgan fingerprint density at radius 2 is 1.93 bits per heavy atom. The first-order valence-electron chi connectivity index (χ1n) is 9.56. The van der Waals surface area contributed by atoms with Crippen molar-refractivity contribution in [1.29, 1.82) is 0 Å². The minimum absolute atomic E-state index is 0.409. The molecule has 0 saturated carbocycles. The van der Waals surface area contributed by atoms with Crippen molar-refractivity contribution in [2.75, 3.05) is 25.5 Å². The number of guanidine groups is 1. The molecule has 0 aliphatic rings. The van der Waals surface area contributed by atoms with Crippen molar-refractivity contribution >= 4 is 11.8 Å². The molecule has 160 valence electrons. The van der Waals surface area contributed by atoms with E-state index < -0.39 is 11.7 Å². The van der Waals surface area contributed by atoms with Crippen LogP contribution in [0.4, 0.5) is 19.0 Å². The molecule has 0 atom stereocenters. The largest absolute Gasteiger partial charge is 0.417 e. The van der Waals surface area contributed by atoms with Gasteiger partial charge in [0.25, 0.3) is 0 Å². The van der Waals surface area contributed by atoms with Gasteiger partial charge in [0, 0.05) is 44.9 Å². The molecule has 0 aliphatic carbocycles. The number of pyridine rings is 1. The van der Waals surface area contributed by atoms with Gasteiger partial charge in [-0.05, 0) is 25.0 Å². The number of nitrogens with one attached hydrogen (secondary N) is 3. The summed E-state index contributed by atoms with van der Waals surface area (Å²) in [6.45, 7) is 5.83. The van der Waals surface area contributed by atoms with Crippen LogP contribution in [0.15, 0.2) is 27.8 Å². The average molecular weight is 412 g/mol. The minimum Gasteiger partial charge on any atom is -0.370 e. The predicted octanol–water partition coefficient (Wildman–Crippen LogP) is 3.38. The van der Waals surface area contributed by atoms with E-state index >= 15 is 0 Å². The van der Waals surface area contributed by atoms with E-state index in [-0.39, 0.29) is 0 Å². The highest BCUT2D eigenvalue weighted by Crippen LogP contribution is 2.28. The summed E-state index contributed by atoms with van der Waals surface area (Å²) in [5.74, 6) is 1.94. The van der Waals surface area contributed by atoms with Crippen LogP contribution in [0.3, 0.4) is 0 Å². The molecule has 7 nitrogen and oxygen atoms in total. The molecule has 0 spiro atoms. The average Bonchev–Trinajstić information content (AvgIpc) is 3.11. The maximum absolute atomic E-state index is 12.5. The molecule has 2 heterocycles. The van der Waals surface area contributed by atoms with E-state index in [9.17, 15) is 13.2 Å². The Kier molecular flexibility index (Phi) is 8.29. The number of anilines is 1. The Bertz CT molecular complexity index is 765. The molecule has 0 radical (unpaired) electrons. The van der Waals surface area contributed by atoms with Crippen LogP contribution in [-0.2, 0) is 25.6 Å². The number of rotatable bonds is 9. The lowest BCUT2D eigenvalue weighted by Crippen LogP contribution is -2.38. The van der Waals surface area contributed by atoms with Gasteiger partial charge in [-0.1, -0.05) is 19.0 Å². The molecule has 2 aromatic heterocycles. The third-order valence-corrected chi connectivity index (χ3v) is 4.31. The van der Waals surface area contributed by atoms with Crippen LogP contribution in [0.5, 0.6) is 0 Å². The molecule has 0 aromatic carbocycles. The summed E-state index contributed by atoms with van der Waals surface area (Å²) < 4.78 is 42.9. The molecule has 0 aliphatic heterocycles. The summed E-state index contributed by atoms with van der Waals surface area (Å²) in [5, 5.41) is 13.5. The second-order valence-corrected chi connectivity index (χ2v) is 6.30.